The first-order chi connectivity index (χ1) is 8.59. The van der Waals surface area contributed by atoms with Crippen LogP contribution in [0.25, 0.3) is 0 Å². The standard InChI is InChI=1S/C13H16F2N2O/c1-17(10-3-2-6-16-8-10)13(18)11-5-4-9(14)7-12(11)15/h4-5,7,10,16H,2-3,6,8H2,1H3/t10-/m1/s1. The quantitative estimate of drug-likeness (QED) is 0.872. The number of benzene rings is 1. The average molecular weight is 254 g/mol. The van der Waals surface area contributed by atoms with Crippen molar-refractivity contribution < 1.29 is 13.6 Å². The van der Waals surface area contributed by atoms with Gasteiger partial charge in [0.1, 0.15) is 11.6 Å². The highest BCUT2D eigenvalue weighted by molar-refractivity contribution is 5.94. The number of nitrogens with zero attached hydrogens (tertiary/aromatic N) is 1. The smallest absolute Gasteiger partial charge is 0.256 e. The Balaban J connectivity index is 2.14. The fourth-order valence-corrected chi connectivity index (χ4v) is 2.18. The molecule has 0 saturated carbocycles. The van der Waals surface area contributed by atoms with Crippen LogP contribution in [0.2, 0.25) is 0 Å². The molecule has 0 unspecified atom stereocenters. The van der Waals surface area contributed by atoms with Gasteiger partial charge in [-0.15, -0.1) is 0 Å². The van der Waals surface area contributed by atoms with E-state index in [1.165, 1.54) is 11.0 Å². The van der Waals surface area contributed by atoms with Crippen LogP contribution in [0, 0.1) is 11.6 Å². The Hall–Kier alpha value is -1.49. The lowest BCUT2D eigenvalue weighted by molar-refractivity contribution is 0.0703. The van der Waals surface area contributed by atoms with Gasteiger partial charge in [0.2, 0.25) is 0 Å². The van der Waals surface area contributed by atoms with Crippen LogP contribution in [0.15, 0.2) is 18.2 Å². The third kappa shape index (κ3) is 2.67. The van der Waals surface area contributed by atoms with Gasteiger partial charge in [0.15, 0.2) is 0 Å². The highest BCUT2D eigenvalue weighted by Gasteiger charge is 2.24. The molecule has 0 aromatic heterocycles. The van der Waals surface area contributed by atoms with E-state index in [9.17, 15) is 13.6 Å². The zero-order valence-corrected chi connectivity index (χ0v) is 10.2. The van der Waals surface area contributed by atoms with Gasteiger partial charge in [-0.3, -0.25) is 4.79 Å². The molecule has 5 heteroatoms. The molecule has 0 radical (unpaired) electrons. The van der Waals surface area contributed by atoms with Gasteiger partial charge in [-0.25, -0.2) is 8.78 Å². The van der Waals surface area contributed by atoms with Gasteiger partial charge in [-0.2, -0.15) is 0 Å². The molecule has 1 amide bonds. The Morgan fingerprint density at radius 1 is 1.44 bits per heavy atom. The molecule has 1 atom stereocenters. The van der Waals surface area contributed by atoms with Crippen molar-refractivity contribution in [1.82, 2.24) is 10.2 Å². The van der Waals surface area contributed by atoms with E-state index in [2.05, 4.69) is 5.32 Å². The molecular formula is C13H16F2N2O. The summed E-state index contributed by atoms with van der Waals surface area (Å²) in [6, 6.07) is 3.10. The third-order valence-electron chi connectivity index (χ3n) is 3.30. The second kappa shape index (κ2) is 5.44. The Kier molecular flexibility index (Phi) is 3.91. The van der Waals surface area contributed by atoms with Crippen molar-refractivity contribution in [2.75, 3.05) is 20.1 Å². The SMILES string of the molecule is CN(C(=O)c1ccc(F)cc1F)[C@@H]1CCCNC1. The van der Waals surface area contributed by atoms with Crippen LogP contribution >= 0.6 is 0 Å². The van der Waals surface area contributed by atoms with Gasteiger partial charge in [0, 0.05) is 25.7 Å². The summed E-state index contributed by atoms with van der Waals surface area (Å²) in [5.74, 6) is -1.89. The molecule has 2 rings (SSSR count). The van der Waals surface area contributed by atoms with Crippen molar-refractivity contribution in [3.8, 4) is 0 Å². The van der Waals surface area contributed by atoms with Crippen molar-refractivity contribution in [3.63, 3.8) is 0 Å². The molecule has 1 aromatic carbocycles. The first kappa shape index (κ1) is 13.0. The maximum absolute atomic E-state index is 13.5. The predicted molar refractivity (Wildman–Crippen MR) is 64.3 cm³/mol. The van der Waals surface area contributed by atoms with E-state index in [1.807, 2.05) is 0 Å². The number of carbonyl (C=O) groups excluding carboxylic acids is 1. The molecule has 1 fully saturated rings. The molecule has 18 heavy (non-hydrogen) atoms. The molecular weight excluding hydrogens is 238 g/mol. The summed E-state index contributed by atoms with van der Waals surface area (Å²) in [6.07, 6.45) is 1.90. The van der Waals surface area contributed by atoms with Crippen LogP contribution in [-0.2, 0) is 0 Å². The summed E-state index contributed by atoms with van der Waals surface area (Å²) in [6.45, 7) is 1.66. The molecule has 1 N–H and O–H groups in total. The van der Waals surface area contributed by atoms with E-state index in [0.717, 1.165) is 31.5 Å². The Morgan fingerprint density at radius 2 is 2.22 bits per heavy atom. The van der Waals surface area contributed by atoms with Gasteiger partial charge >= 0.3 is 0 Å². The summed E-state index contributed by atoms with van der Waals surface area (Å²) in [5, 5.41) is 3.20. The first-order valence-corrected chi connectivity index (χ1v) is 6.02. The molecule has 1 heterocycles. The monoisotopic (exact) mass is 254 g/mol. The van der Waals surface area contributed by atoms with Crippen LogP contribution in [0.4, 0.5) is 8.78 Å². The molecule has 1 aliphatic rings. The second-order valence-electron chi connectivity index (χ2n) is 4.54. The Morgan fingerprint density at radius 3 is 2.83 bits per heavy atom. The topological polar surface area (TPSA) is 32.3 Å². The third-order valence-corrected chi connectivity index (χ3v) is 3.30. The lowest BCUT2D eigenvalue weighted by Crippen LogP contribution is -2.46. The van der Waals surface area contributed by atoms with Crippen LogP contribution in [0.1, 0.15) is 23.2 Å². The number of rotatable bonds is 2. The minimum atomic E-state index is -0.810. The number of halogens is 2. The van der Waals surface area contributed by atoms with E-state index in [-0.39, 0.29) is 11.6 Å². The summed E-state index contributed by atoms with van der Waals surface area (Å²) < 4.78 is 26.3. The zero-order chi connectivity index (χ0) is 13.1. The summed E-state index contributed by atoms with van der Waals surface area (Å²) in [5.41, 5.74) is -0.0792. The number of nitrogens with one attached hydrogen (secondary N) is 1. The van der Waals surface area contributed by atoms with Crippen molar-refractivity contribution in [2.24, 2.45) is 0 Å². The summed E-state index contributed by atoms with van der Waals surface area (Å²) >= 11 is 0. The zero-order valence-electron chi connectivity index (χ0n) is 10.2. The molecule has 1 aromatic rings. The van der Waals surface area contributed by atoms with Crippen LogP contribution in [-0.4, -0.2) is 37.0 Å². The van der Waals surface area contributed by atoms with E-state index in [4.69, 9.17) is 0 Å². The molecule has 0 aliphatic carbocycles. The maximum atomic E-state index is 13.5. The minimum absolute atomic E-state index is 0.0655. The van der Waals surface area contributed by atoms with Gasteiger partial charge in [0.25, 0.3) is 5.91 Å². The lowest BCUT2D eigenvalue weighted by atomic mass is 10.0. The highest BCUT2D eigenvalue weighted by atomic mass is 19.1. The average Bonchev–Trinajstić information content (AvgIpc) is 2.38. The van der Waals surface area contributed by atoms with Crippen LogP contribution in [0.5, 0.6) is 0 Å². The number of piperidine rings is 1. The number of carbonyl (C=O) groups is 1. The van der Waals surface area contributed by atoms with Gasteiger partial charge < -0.3 is 10.2 Å². The summed E-state index contributed by atoms with van der Waals surface area (Å²) in [4.78, 5) is 13.6. The van der Waals surface area contributed by atoms with E-state index in [1.54, 1.807) is 7.05 Å². The van der Waals surface area contributed by atoms with Crippen LogP contribution in [0.3, 0.4) is 0 Å². The molecule has 1 aliphatic heterocycles. The summed E-state index contributed by atoms with van der Waals surface area (Å²) in [7, 11) is 1.66. The number of hydrogen-bond acceptors (Lipinski definition) is 2. The lowest BCUT2D eigenvalue weighted by Gasteiger charge is -2.31. The van der Waals surface area contributed by atoms with Gasteiger partial charge in [0.05, 0.1) is 5.56 Å². The fraction of sp³-hybridized carbons (Fsp3) is 0.462. The maximum Gasteiger partial charge on any atom is 0.256 e. The molecule has 0 bridgehead atoms. The normalized spacial score (nSPS) is 19.6. The van der Waals surface area contributed by atoms with E-state index >= 15 is 0 Å². The molecule has 0 spiro atoms. The fourth-order valence-electron chi connectivity index (χ4n) is 2.18. The van der Waals surface area contributed by atoms with Crippen molar-refractivity contribution in [1.29, 1.82) is 0 Å². The van der Waals surface area contributed by atoms with E-state index < -0.39 is 17.5 Å². The predicted octanol–water partition coefficient (Wildman–Crippen LogP) is 1.79. The van der Waals surface area contributed by atoms with Crippen molar-refractivity contribution in [2.45, 2.75) is 18.9 Å². The number of hydrogen-bond donors (Lipinski definition) is 1. The largest absolute Gasteiger partial charge is 0.337 e. The molecule has 98 valence electrons. The molecule has 1 saturated heterocycles. The minimum Gasteiger partial charge on any atom is -0.337 e. The Labute approximate surface area is 105 Å². The number of likely N-dealkylation sites (N-methyl/N-ethyl adjacent to an activating group) is 1. The number of amides is 1. The van der Waals surface area contributed by atoms with Crippen LogP contribution < -0.4 is 5.32 Å². The first-order valence-electron chi connectivity index (χ1n) is 6.02. The Bertz CT molecular complexity index is 445. The van der Waals surface area contributed by atoms with Crippen molar-refractivity contribution >= 4 is 5.91 Å². The van der Waals surface area contributed by atoms with E-state index in [0.29, 0.717) is 6.54 Å². The van der Waals surface area contributed by atoms with Crippen molar-refractivity contribution in [3.05, 3.63) is 35.4 Å². The second-order valence-corrected chi connectivity index (χ2v) is 4.54. The molecule has 3 nitrogen and oxygen atoms in total. The van der Waals surface area contributed by atoms with Gasteiger partial charge in [-0.1, -0.05) is 0 Å². The highest BCUT2D eigenvalue weighted by Crippen LogP contribution is 2.15. The van der Waals surface area contributed by atoms with Gasteiger partial charge in [-0.05, 0) is 31.5 Å².